The molecule has 0 unspecified atom stereocenters. The molecule has 9 nitrogen and oxygen atoms in total. The highest BCUT2D eigenvalue weighted by atomic mass is 35.5. The van der Waals surface area contributed by atoms with Gasteiger partial charge in [0.15, 0.2) is 5.65 Å². The molecule has 5 rings (SSSR count). The van der Waals surface area contributed by atoms with Gasteiger partial charge < -0.3 is 21.1 Å². The standard InChI is InChI=1S/C24H29ClFN7O2/c1-13-2-7-17(26)20(19(13)25)31-24-30-18-12-28-23(29-15-8-10-35-11-9-15)32-22(18)33(24)16-5-3-14(4-6-16)21(27)34/h2,7,12,14-16H,3-6,8-11H2,1H3,(H2,27,34)(H,30,31)(H,28,29,32)/t14-,16-. The number of carbonyl (C=O) groups is 1. The van der Waals surface area contributed by atoms with Crippen LogP contribution in [0.4, 0.5) is 22.0 Å². The quantitative estimate of drug-likeness (QED) is 0.455. The molecule has 0 bridgehead atoms. The van der Waals surface area contributed by atoms with Crippen LogP contribution in [0.5, 0.6) is 0 Å². The van der Waals surface area contributed by atoms with Crippen LogP contribution < -0.4 is 16.4 Å². The Morgan fingerprint density at radius 3 is 2.63 bits per heavy atom. The molecule has 4 N–H and O–H groups in total. The van der Waals surface area contributed by atoms with Crippen molar-refractivity contribution in [2.45, 2.75) is 57.5 Å². The molecule has 0 radical (unpaired) electrons. The second kappa shape index (κ2) is 9.94. The minimum atomic E-state index is -0.468. The van der Waals surface area contributed by atoms with Gasteiger partial charge in [0.1, 0.15) is 11.3 Å². The number of primary amides is 1. The van der Waals surface area contributed by atoms with Crippen LogP contribution in [0.2, 0.25) is 5.02 Å². The zero-order chi connectivity index (χ0) is 24.5. The lowest BCUT2D eigenvalue weighted by molar-refractivity contribution is -0.122. The number of carbonyl (C=O) groups excluding carboxylic acids is 1. The Morgan fingerprint density at radius 2 is 1.91 bits per heavy atom. The predicted octanol–water partition coefficient (Wildman–Crippen LogP) is 4.48. The van der Waals surface area contributed by atoms with Gasteiger partial charge in [-0.2, -0.15) is 4.98 Å². The summed E-state index contributed by atoms with van der Waals surface area (Å²) in [6.45, 7) is 3.23. The van der Waals surface area contributed by atoms with Crippen LogP contribution in [0.1, 0.15) is 50.1 Å². The van der Waals surface area contributed by atoms with Gasteiger partial charge in [-0.3, -0.25) is 9.36 Å². The van der Waals surface area contributed by atoms with Crippen LogP contribution in [0, 0.1) is 18.7 Å². The molecule has 1 aromatic carbocycles. The zero-order valence-corrected chi connectivity index (χ0v) is 20.3. The van der Waals surface area contributed by atoms with Crippen molar-refractivity contribution in [3.05, 3.63) is 34.7 Å². The number of nitrogens with one attached hydrogen (secondary N) is 2. The maximum Gasteiger partial charge on any atom is 0.224 e. The van der Waals surface area contributed by atoms with Gasteiger partial charge in [0.2, 0.25) is 17.8 Å². The van der Waals surface area contributed by atoms with Crippen LogP contribution >= 0.6 is 11.6 Å². The second-order valence-corrected chi connectivity index (χ2v) is 9.70. The lowest BCUT2D eigenvalue weighted by Crippen LogP contribution is -2.29. The SMILES string of the molecule is Cc1ccc(F)c(Nc2nc3cnc(NC4CCOCC4)nc3n2[C@H]2CC[C@H](C(N)=O)CC2)c1Cl. The van der Waals surface area contributed by atoms with E-state index in [0.29, 0.717) is 54.1 Å². The summed E-state index contributed by atoms with van der Waals surface area (Å²) in [4.78, 5) is 25.7. The van der Waals surface area contributed by atoms with E-state index in [4.69, 9.17) is 32.0 Å². The number of aryl methyl sites for hydroxylation is 1. The lowest BCUT2D eigenvalue weighted by atomic mass is 9.85. The minimum Gasteiger partial charge on any atom is -0.381 e. The number of anilines is 3. The highest BCUT2D eigenvalue weighted by Gasteiger charge is 2.29. The van der Waals surface area contributed by atoms with Crippen LogP contribution in [-0.4, -0.2) is 44.7 Å². The number of imidazole rings is 1. The third kappa shape index (κ3) is 4.90. The molecule has 1 saturated heterocycles. The smallest absolute Gasteiger partial charge is 0.224 e. The summed E-state index contributed by atoms with van der Waals surface area (Å²) >= 11 is 6.43. The molecule has 0 atom stereocenters. The highest BCUT2D eigenvalue weighted by molar-refractivity contribution is 6.34. The maximum absolute atomic E-state index is 14.7. The van der Waals surface area contributed by atoms with E-state index in [1.54, 1.807) is 12.3 Å². The molecule has 2 fully saturated rings. The fourth-order valence-corrected chi connectivity index (χ4v) is 5.12. The van der Waals surface area contributed by atoms with Gasteiger partial charge in [-0.1, -0.05) is 17.7 Å². The van der Waals surface area contributed by atoms with E-state index in [1.165, 1.54) is 6.07 Å². The van der Waals surface area contributed by atoms with Crippen molar-refractivity contribution < 1.29 is 13.9 Å². The predicted molar refractivity (Wildman–Crippen MR) is 132 cm³/mol. The number of fused-ring (bicyclic) bond motifs is 1. The lowest BCUT2D eigenvalue weighted by Gasteiger charge is -2.29. The molecule has 2 aliphatic rings. The molecule has 2 aromatic heterocycles. The molecule has 1 saturated carbocycles. The fraction of sp³-hybridized carbons (Fsp3) is 0.500. The molecule has 3 heterocycles. The van der Waals surface area contributed by atoms with E-state index in [2.05, 4.69) is 15.6 Å². The minimum absolute atomic E-state index is 0.00979. The van der Waals surface area contributed by atoms with Crippen molar-refractivity contribution in [2.75, 3.05) is 23.8 Å². The average Bonchev–Trinajstić information content (AvgIpc) is 3.22. The summed E-state index contributed by atoms with van der Waals surface area (Å²) in [5.41, 5.74) is 7.70. The molecule has 186 valence electrons. The monoisotopic (exact) mass is 501 g/mol. The number of amides is 1. The van der Waals surface area contributed by atoms with E-state index in [0.717, 1.165) is 31.2 Å². The van der Waals surface area contributed by atoms with Crippen molar-refractivity contribution in [3.63, 3.8) is 0 Å². The summed E-state index contributed by atoms with van der Waals surface area (Å²) in [6.07, 6.45) is 6.25. The number of halogens is 2. The fourth-order valence-electron chi connectivity index (χ4n) is 4.92. The largest absolute Gasteiger partial charge is 0.381 e. The Balaban J connectivity index is 1.53. The van der Waals surface area contributed by atoms with Gasteiger partial charge in [0.25, 0.3) is 0 Å². The molecule has 3 aromatic rings. The van der Waals surface area contributed by atoms with Crippen molar-refractivity contribution in [3.8, 4) is 0 Å². The first-order valence-corrected chi connectivity index (χ1v) is 12.4. The third-order valence-electron chi connectivity index (χ3n) is 6.97. The van der Waals surface area contributed by atoms with Crippen molar-refractivity contribution in [1.82, 2.24) is 19.5 Å². The van der Waals surface area contributed by atoms with Crippen molar-refractivity contribution in [2.24, 2.45) is 11.7 Å². The Bertz CT molecular complexity index is 1240. The first kappa shape index (κ1) is 23.7. The van der Waals surface area contributed by atoms with Gasteiger partial charge >= 0.3 is 0 Å². The van der Waals surface area contributed by atoms with Crippen LogP contribution in [0.3, 0.4) is 0 Å². The van der Waals surface area contributed by atoms with Gasteiger partial charge in [0, 0.05) is 31.2 Å². The molecule has 11 heteroatoms. The number of hydrogen-bond donors (Lipinski definition) is 3. The molecule has 1 amide bonds. The number of aromatic nitrogens is 4. The molecular formula is C24H29ClFN7O2. The highest BCUT2D eigenvalue weighted by Crippen LogP contribution is 2.38. The van der Waals surface area contributed by atoms with Gasteiger partial charge in [-0.05, 0) is 57.1 Å². The summed E-state index contributed by atoms with van der Waals surface area (Å²) in [6, 6.07) is 3.26. The van der Waals surface area contributed by atoms with E-state index < -0.39 is 5.82 Å². The number of nitrogens with zero attached hydrogens (tertiary/aromatic N) is 4. The van der Waals surface area contributed by atoms with Crippen LogP contribution in [0.25, 0.3) is 11.2 Å². The normalized spacial score (nSPS) is 21.2. The third-order valence-corrected chi connectivity index (χ3v) is 7.46. The molecule has 35 heavy (non-hydrogen) atoms. The Hall–Kier alpha value is -2.98. The summed E-state index contributed by atoms with van der Waals surface area (Å²) in [7, 11) is 0. The topological polar surface area (TPSA) is 120 Å². The Morgan fingerprint density at radius 1 is 1.17 bits per heavy atom. The zero-order valence-electron chi connectivity index (χ0n) is 19.6. The number of benzene rings is 1. The molecule has 1 aliphatic heterocycles. The Kier molecular flexibility index (Phi) is 6.75. The molecule has 1 aliphatic carbocycles. The summed E-state index contributed by atoms with van der Waals surface area (Å²) in [5, 5.41) is 6.82. The second-order valence-electron chi connectivity index (χ2n) is 9.32. The summed E-state index contributed by atoms with van der Waals surface area (Å²) in [5.74, 6) is 0.0800. The first-order valence-electron chi connectivity index (χ1n) is 12.0. The molecular weight excluding hydrogens is 473 g/mol. The van der Waals surface area contributed by atoms with Gasteiger partial charge in [-0.15, -0.1) is 0 Å². The number of nitrogens with two attached hydrogens (primary N) is 1. The van der Waals surface area contributed by atoms with E-state index in [9.17, 15) is 9.18 Å². The van der Waals surface area contributed by atoms with Gasteiger partial charge in [-0.25, -0.2) is 14.4 Å². The Labute approximate surface area is 207 Å². The van der Waals surface area contributed by atoms with E-state index >= 15 is 0 Å². The first-order chi connectivity index (χ1) is 16.9. The van der Waals surface area contributed by atoms with Gasteiger partial charge in [0.05, 0.1) is 16.9 Å². The summed E-state index contributed by atoms with van der Waals surface area (Å²) < 4.78 is 22.2. The number of ether oxygens (including phenoxy) is 1. The maximum atomic E-state index is 14.7. The van der Waals surface area contributed by atoms with Crippen molar-refractivity contribution >= 4 is 46.3 Å². The van der Waals surface area contributed by atoms with Crippen LogP contribution in [-0.2, 0) is 9.53 Å². The van der Waals surface area contributed by atoms with E-state index in [1.807, 2.05) is 11.5 Å². The van der Waals surface area contributed by atoms with Crippen molar-refractivity contribution in [1.29, 1.82) is 0 Å². The number of hydrogen-bond acceptors (Lipinski definition) is 7. The number of rotatable bonds is 6. The average molecular weight is 502 g/mol. The van der Waals surface area contributed by atoms with Crippen LogP contribution in [0.15, 0.2) is 18.3 Å². The molecule has 0 spiro atoms. The van der Waals surface area contributed by atoms with E-state index in [-0.39, 0.29) is 29.6 Å².